The Kier molecular flexibility index (Phi) is 6.47. The van der Waals surface area contributed by atoms with Crippen molar-refractivity contribution in [1.82, 2.24) is 20.1 Å². The smallest absolute Gasteiger partial charge is 0.344 e. The number of nitrogens with one attached hydrogen (secondary N) is 2. The molecule has 0 spiro atoms. The van der Waals surface area contributed by atoms with E-state index in [2.05, 4.69) is 15.5 Å². The van der Waals surface area contributed by atoms with Gasteiger partial charge in [-0.3, -0.25) is 9.36 Å². The Morgan fingerprint density at radius 1 is 1.57 bits per heavy atom. The van der Waals surface area contributed by atoms with Crippen LogP contribution in [0.3, 0.4) is 0 Å². The second-order valence-electron chi connectivity index (χ2n) is 5.18. The van der Waals surface area contributed by atoms with E-state index in [1.807, 2.05) is 20.8 Å². The number of esters is 1. The molecule has 1 unspecified atom stereocenters. The summed E-state index contributed by atoms with van der Waals surface area (Å²) in [6, 6.07) is 0.0412. The first kappa shape index (κ1) is 17.8. The third-order valence-electron chi connectivity index (χ3n) is 3.30. The molecule has 8 heteroatoms. The number of carbonyl (C=O) groups excluding carboxylic acids is 1. The van der Waals surface area contributed by atoms with Gasteiger partial charge in [-0.1, -0.05) is 11.8 Å². The molecule has 0 bridgehead atoms. The Morgan fingerprint density at radius 3 is 2.76 bits per heavy atom. The van der Waals surface area contributed by atoms with E-state index >= 15 is 0 Å². The number of nitrogens with zero attached hydrogens (tertiary/aromatic N) is 2. The van der Waals surface area contributed by atoms with Crippen LogP contribution in [-0.4, -0.2) is 45.7 Å². The Morgan fingerprint density at radius 2 is 2.24 bits per heavy atom. The maximum Gasteiger partial charge on any atom is 0.344 e. The number of carbonyl (C=O) groups is 1. The van der Waals surface area contributed by atoms with Crippen LogP contribution in [0.25, 0.3) is 0 Å². The van der Waals surface area contributed by atoms with Gasteiger partial charge in [0.2, 0.25) is 0 Å². The lowest BCUT2D eigenvalue weighted by Gasteiger charge is -2.26. The topological polar surface area (TPSA) is 89.0 Å². The van der Waals surface area contributed by atoms with Crippen LogP contribution in [-0.2, 0) is 9.53 Å². The molecule has 1 rings (SSSR count). The molecule has 0 aliphatic heterocycles. The Hall–Kier alpha value is -1.28. The summed E-state index contributed by atoms with van der Waals surface area (Å²) < 4.78 is 6.68. The molecule has 1 heterocycles. The van der Waals surface area contributed by atoms with E-state index in [1.54, 1.807) is 18.5 Å². The summed E-state index contributed by atoms with van der Waals surface area (Å²) >= 11 is 1.45. The van der Waals surface area contributed by atoms with E-state index in [0.29, 0.717) is 23.9 Å². The van der Waals surface area contributed by atoms with Gasteiger partial charge < -0.3 is 10.1 Å². The highest BCUT2D eigenvalue weighted by atomic mass is 32.2. The number of aromatic amines is 1. The fourth-order valence-corrected chi connectivity index (χ4v) is 3.05. The normalized spacial score (nSPS) is 14.2. The Bertz CT molecular complexity index is 526. The van der Waals surface area contributed by atoms with Gasteiger partial charge in [-0.2, -0.15) is 0 Å². The molecule has 120 valence electrons. The van der Waals surface area contributed by atoms with E-state index in [0.717, 1.165) is 0 Å². The maximum atomic E-state index is 11.9. The van der Waals surface area contributed by atoms with Gasteiger partial charge in [0.15, 0.2) is 5.16 Å². The number of hydrogen-bond acceptors (Lipinski definition) is 6. The van der Waals surface area contributed by atoms with Crippen LogP contribution >= 0.6 is 11.8 Å². The Balaban J connectivity index is 2.68. The SMILES string of the molecule is CCOC(=O)C(C)(CCSc1n[nH]c(=O)n1C(C)C)NC. The van der Waals surface area contributed by atoms with Gasteiger partial charge in [0.1, 0.15) is 5.54 Å². The van der Waals surface area contributed by atoms with Gasteiger partial charge in [0.25, 0.3) is 0 Å². The molecule has 0 saturated heterocycles. The monoisotopic (exact) mass is 316 g/mol. The van der Waals surface area contributed by atoms with Crippen LogP contribution in [0.5, 0.6) is 0 Å². The number of aromatic nitrogens is 3. The van der Waals surface area contributed by atoms with Gasteiger partial charge in [-0.05, 0) is 41.2 Å². The zero-order chi connectivity index (χ0) is 16.0. The second kappa shape index (κ2) is 7.65. The predicted molar refractivity (Wildman–Crippen MR) is 82.7 cm³/mol. The van der Waals surface area contributed by atoms with Crippen molar-refractivity contribution in [2.24, 2.45) is 0 Å². The van der Waals surface area contributed by atoms with Gasteiger partial charge >= 0.3 is 11.7 Å². The summed E-state index contributed by atoms with van der Waals surface area (Å²) in [4.78, 5) is 23.6. The van der Waals surface area contributed by atoms with Crippen LogP contribution in [0.1, 0.15) is 40.2 Å². The van der Waals surface area contributed by atoms with E-state index in [-0.39, 0.29) is 17.7 Å². The minimum atomic E-state index is -0.734. The molecule has 0 aliphatic carbocycles. The van der Waals surface area contributed by atoms with Crippen molar-refractivity contribution in [3.8, 4) is 0 Å². The molecule has 0 fully saturated rings. The average Bonchev–Trinajstić information content (AvgIpc) is 2.80. The van der Waals surface area contributed by atoms with E-state index in [4.69, 9.17) is 4.74 Å². The average molecular weight is 316 g/mol. The zero-order valence-corrected chi connectivity index (χ0v) is 14.0. The maximum absolute atomic E-state index is 11.9. The molecule has 0 saturated carbocycles. The number of ether oxygens (including phenoxy) is 1. The van der Waals surface area contributed by atoms with Crippen molar-refractivity contribution in [2.75, 3.05) is 19.4 Å². The van der Waals surface area contributed by atoms with E-state index < -0.39 is 5.54 Å². The van der Waals surface area contributed by atoms with Gasteiger partial charge in [0, 0.05) is 11.8 Å². The summed E-state index contributed by atoms with van der Waals surface area (Å²) in [5.74, 6) is 0.379. The lowest BCUT2D eigenvalue weighted by molar-refractivity contribution is -0.150. The lowest BCUT2D eigenvalue weighted by Crippen LogP contribution is -2.49. The van der Waals surface area contributed by atoms with Gasteiger partial charge in [-0.25, -0.2) is 9.89 Å². The molecule has 0 aliphatic rings. The molecule has 21 heavy (non-hydrogen) atoms. The fraction of sp³-hybridized carbons (Fsp3) is 0.769. The van der Waals surface area contributed by atoms with Crippen LogP contribution in [0.4, 0.5) is 0 Å². The molecule has 2 N–H and O–H groups in total. The third-order valence-corrected chi connectivity index (χ3v) is 4.25. The molecule has 0 amide bonds. The highest BCUT2D eigenvalue weighted by Crippen LogP contribution is 2.22. The second-order valence-corrected chi connectivity index (χ2v) is 6.24. The number of likely N-dealkylation sites (N-methyl/N-ethyl adjacent to an activating group) is 1. The first-order valence-corrected chi connectivity index (χ1v) is 8.00. The summed E-state index contributed by atoms with van der Waals surface area (Å²) in [5, 5.41) is 10.1. The molecule has 0 aromatic carbocycles. The molecule has 1 aromatic rings. The zero-order valence-electron chi connectivity index (χ0n) is 13.2. The van der Waals surface area contributed by atoms with E-state index in [1.165, 1.54) is 11.8 Å². The number of rotatable bonds is 8. The molecule has 1 atom stereocenters. The van der Waals surface area contributed by atoms with Crippen molar-refractivity contribution < 1.29 is 9.53 Å². The van der Waals surface area contributed by atoms with Crippen molar-refractivity contribution >= 4 is 17.7 Å². The molecule has 1 aromatic heterocycles. The summed E-state index contributed by atoms with van der Waals surface area (Å²) in [5.41, 5.74) is -0.947. The summed E-state index contributed by atoms with van der Waals surface area (Å²) in [7, 11) is 1.74. The van der Waals surface area contributed by atoms with Gasteiger partial charge in [0.05, 0.1) is 6.61 Å². The molecule has 0 radical (unpaired) electrons. The lowest BCUT2D eigenvalue weighted by atomic mass is 10.00. The van der Waals surface area contributed by atoms with E-state index in [9.17, 15) is 9.59 Å². The van der Waals surface area contributed by atoms with Crippen LogP contribution in [0.2, 0.25) is 0 Å². The fourth-order valence-electron chi connectivity index (χ4n) is 1.81. The highest BCUT2D eigenvalue weighted by molar-refractivity contribution is 7.99. The van der Waals surface area contributed by atoms with Crippen LogP contribution < -0.4 is 11.0 Å². The molecule has 7 nitrogen and oxygen atoms in total. The predicted octanol–water partition coefficient (Wildman–Crippen LogP) is 1.18. The number of thioether (sulfide) groups is 1. The van der Waals surface area contributed by atoms with Crippen LogP contribution in [0.15, 0.2) is 9.95 Å². The van der Waals surface area contributed by atoms with Crippen LogP contribution in [0, 0.1) is 0 Å². The largest absolute Gasteiger partial charge is 0.465 e. The van der Waals surface area contributed by atoms with Crippen molar-refractivity contribution in [1.29, 1.82) is 0 Å². The third kappa shape index (κ3) is 4.34. The first-order valence-electron chi connectivity index (χ1n) is 7.01. The minimum absolute atomic E-state index is 0.0412. The van der Waals surface area contributed by atoms with Gasteiger partial charge in [-0.15, -0.1) is 5.10 Å². The summed E-state index contributed by atoms with van der Waals surface area (Å²) in [6.45, 7) is 7.81. The minimum Gasteiger partial charge on any atom is -0.465 e. The first-order chi connectivity index (χ1) is 9.85. The van der Waals surface area contributed by atoms with Crippen molar-refractivity contribution in [3.05, 3.63) is 10.5 Å². The number of hydrogen-bond donors (Lipinski definition) is 2. The quantitative estimate of drug-likeness (QED) is 0.553. The van der Waals surface area contributed by atoms with Crippen molar-refractivity contribution in [3.63, 3.8) is 0 Å². The highest BCUT2D eigenvalue weighted by Gasteiger charge is 2.32. The standard InChI is InChI=1S/C13H24N4O3S/c1-6-20-10(18)13(4,14-5)7-8-21-12-16-15-11(19)17(12)9(2)3/h9,14H,6-8H2,1-5H3,(H,15,19). The van der Waals surface area contributed by atoms with Crippen molar-refractivity contribution in [2.45, 2.75) is 50.9 Å². The Labute approximate surface area is 128 Å². The molecular weight excluding hydrogens is 292 g/mol. The summed E-state index contributed by atoms with van der Waals surface area (Å²) in [6.07, 6.45) is 0.576. The number of H-pyrrole nitrogens is 1. The molecular formula is C13H24N4O3S.